The van der Waals surface area contributed by atoms with Gasteiger partial charge in [-0.25, -0.2) is 0 Å². The maximum absolute atomic E-state index is 5.35. The van der Waals surface area contributed by atoms with E-state index in [0.29, 0.717) is 11.5 Å². The van der Waals surface area contributed by atoms with Crippen LogP contribution in [0.2, 0.25) is 0 Å². The van der Waals surface area contributed by atoms with Crippen LogP contribution in [-0.2, 0) is 0 Å². The molecule has 0 N–H and O–H groups in total. The maximum Gasteiger partial charge on any atom is 0.231 e. The predicted molar refractivity (Wildman–Crippen MR) is 72.8 cm³/mol. The molecule has 0 bridgehead atoms. The van der Waals surface area contributed by atoms with Gasteiger partial charge in [-0.05, 0) is 18.2 Å². The van der Waals surface area contributed by atoms with Crippen LogP contribution in [-0.4, -0.2) is 20.1 Å². The number of methoxy groups -OCH3 is 1. The highest BCUT2D eigenvalue weighted by Crippen LogP contribution is 2.37. The van der Waals surface area contributed by atoms with E-state index in [1.165, 1.54) is 0 Å². The average molecular weight is 255 g/mol. The van der Waals surface area contributed by atoms with Crippen molar-refractivity contribution in [2.45, 2.75) is 0 Å². The Morgan fingerprint density at radius 2 is 1.84 bits per heavy atom. The molecular formula is C15H13NO3. The molecule has 0 atom stereocenters. The van der Waals surface area contributed by atoms with E-state index in [2.05, 4.69) is 4.99 Å². The number of hydrogen-bond donors (Lipinski definition) is 0. The van der Waals surface area contributed by atoms with Crippen LogP contribution in [0.25, 0.3) is 0 Å². The molecule has 4 nitrogen and oxygen atoms in total. The maximum atomic E-state index is 5.35. The van der Waals surface area contributed by atoms with Crippen molar-refractivity contribution in [3.8, 4) is 17.2 Å². The van der Waals surface area contributed by atoms with Crippen molar-refractivity contribution in [2.24, 2.45) is 4.99 Å². The molecule has 0 aliphatic carbocycles. The van der Waals surface area contributed by atoms with E-state index < -0.39 is 0 Å². The van der Waals surface area contributed by atoms with Crippen LogP contribution in [0.5, 0.6) is 17.2 Å². The van der Waals surface area contributed by atoms with E-state index in [-0.39, 0.29) is 6.79 Å². The SMILES string of the molecule is COc1cc2c(cc1C=Nc1ccccc1)OCO2. The molecule has 19 heavy (non-hydrogen) atoms. The Balaban J connectivity index is 1.94. The Bertz CT molecular complexity index is 608. The molecule has 2 aromatic rings. The van der Waals surface area contributed by atoms with E-state index in [1.54, 1.807) is 13.3 Å². The van der Waals surface area contributed by atoms with Gasteiger partial charge in [-0.3, -0.25) is 4.99 Å². The summed E-state index contributed by atoms with van der Waals surface area (Å²) in [5.74, 6) is 2.13. The summed E-state index contributed by atoms with van der Waals surface area (Å²) in [6.07, 6.45) is 1.76. The molecule has 0 saturated carbocycles. The number of ether oxygens (including phenoxy) is 3. The van der Waals surface area contributed by atoms with Crippen molar-refractivity contribution in [3.05, 3.63) is 48.0 Å². The number of para-hydroxylation sites is 1. The monoisotopic (exact) mass is 255 g/mol. The van der Waals surface area contributed by atoms with E-state index in [0.717, 1.165) is 17.0 Å². The van der Waals surface area contributed by atoms with Crippen LogP contribution in [0.1, 0.15) is 5.56 Å². The van der Waals surface area contributed by atoms with Crippen molar-refractivity contribution in [1.29, 1.82) is 0 Å². The molecule has 4 heteroatoms. The molecule has 3 rings (SSSR count). The molecule has 2 aromatic carbocycles. The molecule has 0 unspecified atom stereocenters. The van der Waals surface area contributed by atoms with Gasteiger partial charge in [0.2, 0.25) is 6.79 Å². The van der Waals surface area contributed by atoms with Gasteiger partial charge in [0.1, 0.15) is 5.75 Å². The van der Waals surface area contributed by atoms with Crippen LogP contribution in [0.15, 0.2) is 47.5 Å². The first-order valence-corrected chi connectivity index (χ1v) is 5.93. The van der Waals surface area contributed by atoms with Crippen LogP contribution in [0.3, 0.4) is 0 Å². The van der Waals surface area contributed by atoms with Crippen molar-refractivity contribution >= 4 is 11.9 Å². The Kier molecular flexibility index (Phi) is 3.06. The number of hydrogen-bond acceptors (Lipinski definition) is 4. The molecule has 0 radical (unpaired) electrons. The molecule has 0 aromatic heterocycles. The van der Waals surface area contributed by atoms with Crippen molar-refractivity contribution < 1.29 is 14.2 Å². The van der Waals surface area contributed by atoms with Gasteiger partial charge in [-0.15, -0.1) is 0 Å². The predicted octanol–water partition coefficient (Wildman–Crippen LogP) is 3.17. The van der Waals surface area contributed by atoms with Crippen LogP contribution in [0.4, 0.5) is 5.69 Å². The standard InChI is InChI=1S/C15H13NO3/c1-17-13-8-15-14(18-10-19-15)7-11(13)9-16-12-5-3-2-4-6-12/h2-9H,10H2,1H3. The van der Waals surface area contributed by atoms with Gasteiger partial charge in [0.25, 0.3) is 0 Å². The minimum Gasteiger partial charge on any atom is -0.496 e. The van der Waals surface area contributed by atoms with Crippen LogP contribution < -0.4 is 14.2 Å². The van der Waals surface area contributed by atoms with Gasteiger partial charge in [0.05, 0.1) is 12.8 Å². The van der Waals surface area contributed by atoms with Crippen LogP contribution >= 0.6 is 0 Å². The molecule has 1 heterocycles. The van der Waals surface area contributed by atoms with Gasteiger partial charge >= 0.3 is 0 Å². The summed E-state index contributed by atoms with van der Waals surface area (Å²) in [5, 5.41) is 0. The molecule has 0 amide bonds. The minimum atomic E-state index is 0.248. The lowest BCUT2D eigenvalue weighted by atomic mass is 10.2. The third-order valence-corrected chi connectivity index (χ3v) is 2.83. The lowest BCUT2D eigenvalue weighted by molar-refractivity contribution is 0.174. The summed E-state index contributed by atoms with van der Waals surface area (Å²) in [7, 11) is 1.62. The second kappa shape index (κ2) is 5.02. The van der Waals surface area contributed by atoms with E-state index in [9.17, 15) is 0 Å². The van der Waals surface area contributed by atoms with Crippen LogP contribution in [0, 0.1) is 0 Å². The first-order valence-electron chi connectivity index (χ1n) is 5.93. The summed E-state index contributed by atoms with van der Waals surface area (Å²) < 4.78 is 16.0. The quantitative estimate of drug-likeness (QED) is 0.791. The zero-order valence-corrected chi connectivity index (χ0v) is 10.5. The van der Waals surface area contributed by atoms with Gasteiger partial charge in [-0.2, -0.15) is 0 Å². The average Bonchev–Trinajstić information content (AvgIpc) is 2.92. The summed E-state index contributed by atoms with van der Waals surface area (Å²) in [4.78, 5) is 4.41. The summed E-state index contributed by atoms with van der Waals surface area (Å²) in [5.41, 5.74) is 1.75. The smallest absolute Gasteiger partial charge is 0.231 e. The van der Waals surface area contributed by atoms with E-state index in [4.69, 9.17) is 14.2 Å². The topological polar surface area (TPSA) is 40.0 Å². The summed E-state index contributed by atoms with van der Waals surface area (Å²) in [6.45, 7) is 0.248. The molecule has 0 spiro atoms. The number of nitrogens with zero attached hydrogens (tertiary/aromatic N) is 1. The van der Waals surface area contributed by atoms with Gasteiger partial charge in [0.15, 0.2) is 11.5 Å². The molecular weight excluding hydrogens is 242 g/mol. The van der Waals surface area contributed by atoms with E-state index in [1.807, 2.05) is 42.5 Å². The number of benzene rings is 2. The van der Waals surface area contributed by atoms with Crippen molar-refractivity contribution in [2.75, 3.05) is 13.9 Å². The zero-order valence-electron chi connectivity index (χ0n) is 10.5. The Morgan fingerprint density at radius 3 is 2.58 bits per heavy atom. The van der Waals surface area contributed by atoms with E-state index >= 15 is 0 Å². The summed E-state index contributed by atoms with van der Waals surface area (Å²) in [6, 6.07) is 13.4. The Labute approximate surface area is 111 Å². The molecule has 0 saturated heterocycles. The number of aliphatic imine (C=N–C) groups is 1. The zero-order chi connectivity index (χ0) is 13.1. The molecule has 0 fully saturated rings. The first-order chi connectivity index (χ1) is 9.36. The van der Waals surface area contributed by atoms with Crippen molar-refractivity contribution in [3.63, 3.8) is 0 Å². The highest BCUT2D eigenvalue weighted by atomic mass is 16.7. The molecule has 1 aliphatic rings. The number of fused-ring (bicyclic) bond motifs is 1. The fourth-order valence-corrected chi connectivity index (χ4v) is 1.87. The lowest BCUT2D eigenvalue weighted by Crippen LogP contribution is -1.92. The highest BCUT2D eigenvalue weighted by molar-refractivity contribution is 5.87. The third-order valence-electron chi connectivity index (χ3n) is 2.83. The third kappa shape index (κ3) is 2.38. The Morgan fingerprint density at radius 1 is 1.11 bits per heavy atom. The van der Waals surface area contributed by atoms with Gasteiger partial charge in [0, 0.05) is 17.8 Å². The normalized spacial score (nSPS) is 12.9. The minimum absolute atomic E-state index is 0.248. The lowest BCUT2D eigenvalue weighted by Gasteiger charge is -2.05. The fourth-order valence-electron chi connectivity index (χ4n) is 1.87. The Hall–Kier alpha value is -2.49. The largest absolute Gasteiger partial charge is 0.496 e. The highest BCUT2D eigenvalue weighted by Gasteiger charge is 2.16. The molecule has 1 aliphatic heterocycles. The van der Waals surface area contributed by atoms with Gasteiger partial charge in [-0.1, -0.05) is 18.2 Å². The first kappa shape index (κ1) is 11.6. The van der Waals surface area contributed by atoms with Crippen molar-refractivity contribution in [1.82, 2.24) is 0 Å². The fraction of sp³-hybridized carbons (Fsp3) is 0.133. The second-order valence-electron chi connectivity index (χ2n) is 4.04. The van der Waals surface area contributed by atoms with Gasteiger partial charge < -0.3 is 14.2 Å². The number of rotatable bonds is 3. The molecule has 96 valence electrons. The second-order valence-corrected chi connectivity index (χ2v) is 4.04. The summed E-state index contributed by atoms with van der Waals surface area (Å²) >= 11 is 0.